The van der Waals surface area contributed by atoms with Gasteiger partial charge in [0.25, 0.3) is 11.8 Å². The van der Waals surface area contributed by atoms with Crippen molar-refractivity contribution < 1.29 is 55.0 Å². The molecule has 2 aliphatic carbocycles. The molecule has 56 heavy (non-hydrogen) atoms. The van der Waals surface area contributed by atoms with Crippen LogP contribution in [0, 0.1) is 29.5 Å². The zero-order chi connectivity index (χ0) is 40.1. The number of aromatic hydroxyl groups is 1. The molecule has 0 aromatic heterocycles. The van der Waals surface area contributed by atoms with Crippen molar-refractivity contribution in [3.05, 3.63) is 136 Å². The number of carbonyl (C=O) groups is 4. The number of anilines is 2. The Morgan fingerprint density at radius 2 is 1.41 bits per heavy atom. The van der Waals surface area contributed by atoms with E-state index in [1.807, 2.05) is 0 Å². The van der Waals surface area contributed by atoms with Crippen molar-refractivity contribution in [2.75, 3.05) is 10.3 Å². The van der Waals surface area contributed by atoms with Gasteiger partial charge in [-0.25, -0.2) is 9.29 Å². The lowest BCUT2D eigenvalue weighted by Crippen LogP contribution is -2.53. The van der Waals surface area contributed by atoms with Gasteiger partial charge < -0.3 is 5.11 Å². The second-order valence-electron chi connectivity index (χ2n) is 14.2. The molecular formula is C40H27ClF7N3O5. The Kier molecular flexibility index (Phi) is 8.60. The third-order valence-corrected chi connectivity index (χ3v) is 11.5. The van der Waals surface area contributed by atoms with Crippen molar-refractivity contribution in [3.8, 4) is 5.75 Å². The van der Waals surface area contributed by atoms with E-state index in [1.54, 1.807) is 24.3 Å². The summed E-state index contributed by atoms with van der Waals surface area (Å²) in [5.41, 5.74) is -2.08. The number of halogens is 8. The quantitative estimate of drug-likeness (QED) is 0.119. The van der Waals surface area contributed by atoms with Gasteiger partial charge in [0.15, 0.2) is 0 Å². The summed E-state index contributed by atoms with van der Waals surface area (Å²) in [6.45, 7) is 0. The zero-order valence-electron chi connectivity index (χ0n) is 28.5. The van der Waals surface area contributed by atoms with Gasteiger partial charge in [-0.1, -0.05) is 47.5 Å². The van der Waals surface area contributed by atoms with E-state index in [0.29, 0.717) is 38.8 Å². The number of rotatable bonds is 5. The zero-order valence-corrected chi connectivity index (χ0v) is 29.3. The second kappa shape index (κ2) is 12.9. The summed E-state index contributed by atoms with van der Waals surface area (Å²) in [5, 5.41) is 11.8. The molecule has 8 nitrogen and oxygen atoms in total. The maximum atomic E-state index is 15.1. The number of phenolic OH excluding ortho intramolecular Hbond substituents is 1. The second-order valence-corrected chi connectivity index (χ2v) is 14.7. The number of fused-ring (bicyclic) bond motifs is 4. The first-order valence-corrected chi connectivity index (χ1v) is 17.6. The van der Waals surface area contributed by atoms with Crippen molar-refractivity contribution >= 4 is 46.6 Å². The molecule has 8 rings (SSSR count). The number of alkyl halides is 6. The summed E-state index contributed by atoms with van der Waals surface area (Å²) in [5.74, 6) is -10.4. The van der Waals surface area contributed by atoms with Crippen molar-refractivity contribution in [2.24, 2.45) is 23.7 Å². The highest BCUT2D eigenvalue weighted by Gasteiger charge is 2.70. The number of hydrogen-bond donors (Lipinski definition) is 2. The number of benzene rings is 4. The molecule has 0 bridgehead atoms. The van der Waals surface area contributed by atoms with Gasteiger partial charge in [0, 0.05) is 10.9 Å². The highest BCUT2D eigenvalue weighted by molar-refractivity contribution is 6.30. The topological polar surface area (TPSA) is 107 Å². The SMILES string of the molecule is O=C1C2CC3C(=CCC4C(=O)N(c5cc(C(F)(F)F)cc(C(F)(F)F)c5)C(=O)C43)C(c3cccc(O)c3)C2(c2ccc(Cl)cc2)C(=O)N1Nc1ccc(F)cc1. The number of hydrazine groups is 1. The molecule has 4 amide bonds. The Morgan fingerprint density at radius 3 is 2.02 bits per heavy atom. The number of carbonyl (C=O) groups excluding carboxylic acids is 4. The fourth-order valence-electron chi connectivity index (χ4n) is 9.06. The molecule has 4 aromatic rings. The van der Waals surface area contributed by atoms with Crippen molar-refractivity contribution in [2.45, 2.75) is 36.5 Å². The maximum absolute atomic E-state index is 15.1. The van der Waals surface area contributed by atoms with Crippen LogP contribution in [-0.2, 0) is 36.9 Å². The first kappa shape index (κ1) is 37.2. The minimum Gasteiger partial charge on any atom is -0.508 e. The van der Waals surface area contributed by atoms with E-state index in [-0.39, 0.29) is 30.3 Å². The van der Waals surface area contributed by atoms with E-state index >= 15 is 4.79 Å². The van der Waals surface area contributed by atoms with E-state index in [1.165, 1.54) is 42.5 Å². The third-order valence-electron chi connectivity index (χ3n) is 11.3. The molecule has 288 valence electrons. The van der Waals surface area contributed by atoms with Gasteiger partial charge in [-0.15, -0.1) is 0 Å². The molecule has 2 aliphatic heterocycles. The minimum absolute atomic E-state index is 0.104. The maximum Gasteiger partial charge on any atom is 0.416 e. The van der Waals surface area contributed by atoms with E-state index in [2.05, 4.69) is 5.43 Å². The summed E-state index contributed by atoms with van der Waals surface area (Å²) in [6.07, 6.45) is -9.31. The standard InChI is InChI=1S/C40H27ClF7N3O5/c41-23-6-4-20(5-7-23)38-31(35(54)51(37(38)56)49-25-10-8-24(42)9-11-25)18-30-28(33(38)19-2-1-3-27(52)14-19)12-13-29-32(30)36(55)50(34(29)53)26-16-21(39(43,44)45)15-22(17-26)40(46,47)48/h1-12,14-17,29-33,49,52H,13,18H2. The minimum atomic E-state index is -5.25. The van der Waals surface area contributed by atoms with Crippen LogP contribution in [0.25, 0.3) is 0 Å². The number of nitrogens with one attached hydrogen (secondary N) is 1. The van der Waals surface area contributed by atoms with E-state index in [9.17, 15) is 50.2 Å². The number of hydrogen-bond acceptors (Lipinski definition) is 6. The van der Waals surface area contributed by atoms with E-state index < -0.39 is 93.6 Å². The molecule has 4 aromatic carbocycles. The molecule has 2 heterocycles. The molecule has 6 atom stereocenters. The van der Waals surface area contributed by atoms with E-state index in [4.69, 9.17) is 11.6 Å². The highest BCUT2D eigenvalue weighted by atomic mass is 35.5. The summed E-state index contributed by atoms with van der Waals surface area (Å²) >= 11 is 6.27. The number of nitrogens with zero attached hydrogens (tertiary/aromatic N) is 2. The molecule has 0 radical (unpaired) electrons. The van der Waals surface area contributed by atoms with Gasteiger partial charge >= 0.3 is 12.4 Å². The summed E-state index contributed by atoms with van der Waals surface area (Å²) in [4.78, 5) is 58.6. The molecule has 16 heteroatoms. The summed E-state index contributed by atoms with van der Waals surface area (Å²) in [7, 11) is 0. The first-order chi connectivity index (χ1) is 26.4. The Hall–Kier alpha value is -5.70. The van der Waals surface area contributed by atoms with Crippen LogP contribution in [0.2, 0.25) is 5.02 Å². The molecule has 2 saturated heterocycles. The molecule has 0 spiro atoms. The normalized spacial score (nSPS) is 26.2. The Labute approximate surface area is 318 Å². The lowest BCUT2D eigenvalue weighted by atomic mass is 9.49. The monoisotopic (exact) mass is 797 g/mol. The van der Waals surface area contributed by atoms with Gasteiger partial charge in [-0.3, -0.25) is 24.6 Å². The molecular weight excluding hydrogens is 771 g/mol. The third kappa shape index (κ3) is 5.73. The Balaban J connectivity index is 1.30. The van der Waals surface area contributed by atoms with Gasteiger partial charge in [0.1, 0.15) is 11.6 Å². The van der Waals surface area contributed by atoms with Crippen LogP contribution in [0.4, 0.5) is 42.1 Å². The Bertz CT molecular complexity index is 2320. The van der Waals surface area contributed by atoms with Crippen LogP contribution in [0.1, 0.15) is 41.0 Å². The van der Waals surface area contributed by atoms with Crippen LogP contribution in [0.15, 0.2) is 103 Å². The molecule has 2 N–H and O–H groups in total. The highest BCUT2D eigenvalue weighted by Crippen LogP contribution is 2.64. The van der Waals surface area contributed by atoms with Crippen LogP contribution in [-0.4, -0.2) is 33.7 Å². The molecule has 3 fully saturated rings. The lowest BCUT2D eigenvalue weighted by molar-refractivity contribution is -0.143. The molecule has 1 saturated carbocycles. The number of amides is 4. The predicted molar refractivity (Wildman–Crippen MR) is 186 cm³/mol. The van der Waals surface area contributed by atoms with Crippen LogP contribution < -0.4 is 10.3 Å². The van der Waals surface area contributed by atoms with E-state index in [0.717, 1.165) is 17.1 Å². The van der Waals surface area contributed by atoms with Gasteiger partial charge in [0.2, 0.25) is 11.8 Å². The number of allylic oxidation sites excluding steroid dienone is 2. The van der Waals surface area contributed by atoms with Crippen LogP contribution in [0.5, 0.6) is 5.75 Å². The largest absolute Gasteiger partial charge is 0.508 e. The Morgan fingerprint density at radius 1 is 0.768 bits per heavy atom. The van der Waals surface area contributed by atoms with Crippen LogP contribution >= 0.6 is 11.6 Å². The lowest BCUT2D eigenvalue weighted by Gasteiger charge is -2.50. The van der Waals surface area contributed by atoms with Crippen molar-refractivity contribution in [1.29, 1.82) is 0 Å². The number of phenols is 1. The molecule has 4 aliphatic rings. The average molecular weight is 798 g/mol. The summed E-state index contributed by atoms with van der Waals surface area (Å²) < 4.78 is 97.1. The van der Waals surface area contributed by atoms with Gasteiger partial charge in [0.05, 0.1) is 45.7 Å². The fourth-order valence-corrected chi connectivity index (χ4v) is 9.18. The van der Waals surface area contributed by atoms with Crippen molar-refractivity contribution in [3.63, 3.8) is 0 Å². The number of imide groups is 2. The summed E-state index contributed by atoms with van der Waals surface area (Å²) in [6, 6.07) is 17.4. The average Bonchev–Trinajstić information content (AvgIpc) is 3.52. The predicted octanol–water partition coefficient (Wildman–Crippen LogP) is 8.41. The first-order valence-electron chi connectivity index (χ1n) is 17.2. The van der Waals surface area contributed by atoms with Crippen molar-refractivity contribution in [1.82, 2.24) is 5.01 Å². The van der Waals surface area contributed by atoms with Gasteiger partial charge in [-0.2, -0.15) is 31.4 Å². The van der Waals surface area contributed by atoms with Gasteiger partial charge in [-0.05, 0) is 96.6 Å². The fraction of sp³-hybridized carbons (Fsp3) is 0.250. The molecule has 6 unspecified atom stereocenters. The van der Waals surface area contributed by atoms with Crippen LogP contribution in [0.3, 0.4) is 0 Å². The smallest absolute Gasteiger partial charge is 0.416 e.